The molecule has 0 saturated carbocycles. The highest BCUT2D eigenvalue weighted by molar-refractivity contribution is 5.85. The predicted octanol–water partition coefficient (Wildman–Crippen LogP) is 0.200. The molecule has 0 unspecified atom stereocenters. The van der Waals surface area contributed by atoms with Crippen LogP contribution in [0.25, 0.3) is 0 Å². The topological polar surface area (TPSA) is 92.6 Å². The fraction of sp³-hybridized carbons (Fsp3) is 0.389. The van der Waals surface area contributed by atoms with Gasteiger partial charge in [0.15, 0.2) is 6.21 Å². The van der Waals surface area contributed by atoms with E-state index in [0.29, 0.717) is 25.9 Å². The summed E-state index contributed by atoms with van der Waals surface area (Å²) in [6, 6.07) is 2.63. The van der Waals surface area contributed by atoms with Gasteiger partial charge in [0, 0.05) is 57.5 Å². The van der Waals surface area contributed by atoms with Crippen LogP contribution in [0.5, 0.6) is 0 Å². The number of nitrogens with two attached hydrogens (primary N) is 1. The summed E-state index contributed by atoms with van der Waals surface area (Å²) < 4.78 is 26.4. The summed E-state index contributed by atoms with van der Waals surface area (Å²) in [6.07, 6.45) is 3.90. The first-order valence-corrected chi connectivity index (χ1v) is 8.57. The van der Waals surface area contributed by atoms with E-state index in [9.17, 15) is 18.4 Å². The molecule has 7 nitrogen and oxygen atoms in total. The van der Waals surface area contributed by atoms with E-state index in [-0.39, 0.29) is 29.4 Å². The van der Waals surface area contributed by atoms with Crippen LogP contribution in [0.15, 0.2) is 30.1 Å². The average molecular weight is 380 g/mol. The lowest BCUT2D eigenvalue weighted by Gasteiger charge is -2.36. The van der Waals surface area contributed by atoms with Crippen LogP contribution in [0.3, 0.4) is 0 Å². The third-order valence-corrected chi connectivity index (χ3v) is 4.47. The molecule has 0 radical (unpaired) electrons. The van der Waals surface area contributed by atoms with E-state index in [1.165, 1.54) is 19.3 Å². The van der Waals surface area contributed by atoms with Crippen molar-refractivity contribution in [1.29, 1.82) is 0 Å². The molecule has 0 spiro atoms. The zero-order valence-electron chi connectivity index (χ0n) is 15.3. The summed E-state index contributed by atoms with van der Waals surface area (Å²) in [6.45, 7) is 2.74. The summed E-state index contributed by atoms with van der Waals surface area (Å²) in [5.41, 5.74) is 5.95. The quantitative estimate of drug-likeness (QED) is 0.652. The Hall–Kier alpha value is -2.97. The van der Waals surface area contributed by atoms with E-state index in [1.807, 2.05) is 0 Å². The van der Waals surface area contributed by atoms with Gasteiger partial charge in [0.25, 0.3) is 0 Å². The van der Waals surface area contributed by atoms with Gasteiger partial charge in [-0.05, 0) is 12.8 Å². The molecule has 1 aromatic carbocycles. The molecule has 3 amide bonds. The van der Waals surface area contributed by atoms with E-state index >= 15 is 0 Å². The number of hydrogen-bond donors (Lipinski definition) is 3. The highest BCUT2D eigenvalue weighted by atomic mass is 19.1. The van der Waals surface area contributed by atoms with Gasteiger partial charge in [-0.3, -0.25) is 4.79 Å². The molecule has 27 heavy (non-hydrogen) atoms. The Morgan fingerprint density at radius 2 is 1.85 bits per heavy atom. The summed E-state index contributed by atoms with van der Waals surface area (Å²) in [5.74, 6) is -1.40. The van der Waals surface area contributed by atoms with E-state index in [1.54, 1.807) is 16.8 Å². The monoisotopic (exact) mass is 380 g/mol. The van der Waals surface area contributed by atoms with Crippen molar-refractivity contribution in [3.63, 3.8) is 0 Å². The minimum absolute atomic E-state index is 0.00454. The van der Waals surface area contributed by atoms with Gasteiger partial charge in [-0.1, -0.05) is 0 Å². The predicted molar refractivity (Wildman–Crippen MR) is 96.9 cm³/mol. The first-order chi connectivity index (χ1) is 12.8. The van der Waals surface area contributed by atoms with Gasteiger partial charge in [-0.2, -0.15) is 0 Å². The molecule has 2 rings (SSSR count). The minimum atomic E-state index is -0.718. The molecule has 1 fully saturated rings. The Morgan fingerprint density at radius 3 is 2.37 bits per heavy atom. The standard InChI is InChI=1S/C18H23F2N5O2/c1-12(26)25-5-3-17(4-6-25)24(2)18(27)23-16(10-21)11-22-15-8-13(19)7-14(20)9-15/h7-11,17H,3-6,21H2,1-2H3,(H,23,27)/p+1. The molecule has 1 aliphatic rings. The van der Waals surface area contributed by atoms with Crippen molar-refractivity contribution in [1.82, 2.24) is 15.1 Å². The van der Waals surface area contributed by atoms with E-state index in [4.69, 9.17) is 5.73 Å². The smallest absolute Gasteiger partial charge is 0.322 e. The average Bonchev–Trinajstić information content (AvgIpc) is 2.63. The van der Waals surface area contributed by atoms with Crippen LogP contribution in [-0.2, 0) is 4.79 Å². The van der Waals surface area contributed by atoms with Crippen molar-refractivity contribution in [2.45, 2.75) is 25.8 Å². The molecule has 1 heterocycles. The van der Waals surface area contributed by atoms with Gasteiger partial charge < -0.3 is 20.9 Å². The summed E-state index contributed by atoms with van der Waals surface area (Å²) in [4.78, 5) is 29.8. The first kappa shape index (κ1) is 20.3. The SMILES string of the molecule is CC(=O)N1CCC(N(C)C(=O)NC(C=[NH+]c2cc(F)cc(F)c2)=CN)CC1. The van der Waals surface area contributed by atoms with Gasteiger partial charge in [-0.25, -0.2) is 18.6 Å². The second-order valence-corrected chi connectivity index (χ2v) is 6.35. The van der Waals surface area contributed by atoms with Crippen molar-refractivity contribution < 1.29 is 23.4 Å². The van der Waals surface area contributed by atoms with Gasteiger partial charge in [-0.15, -0.1) is 0 Å². The van der Waals surface area contributed by atoms with Crippen LogP contribution >= 0.6 is 0 Å². The second-order valence-electron chi connectivity index (χ2n) is 6.35. The lowest BCUT2D eigenvalue weighted by Crippen LogP contribution is -2.63. The van der Waals surface area contributed by atoms with Gasteiger partial charge in [0.1, 0.15) is 17.3 Å². The number of halogens is 2. The fourth-order valence-corrected chi connectivity index (χ4v) is 2.87. The number of piperidine rings is 1. The van der Waals surface area contributed by atoms with Crippen molar-refractivity contribution >= 4 is 23.8 Å². The van der Waals surface area contributed by atoms with Crippen LogP contribution < -0.4 is 16.0 Å². The lowest BCUT2D eigenvalue weighted by molar-refractivity contribution is -0.347. The molecular weight excluding hydrogens is 356 g/mol. The van der Waals surface area contributed by atoms with Crippen molar-refractivity contribution in [3.05, 3.63) is 41.7 Å². The molecular formula is C18H24F2N5O2+. The van der Waals surface area contributed by atoms with Crippen LogP contribution in [0.2, 0.25) is 0 Å². The number of benzene rings is 1. The van der Waals surface area contributed by atoms with E-state index in [2.05, 4.69) is 10.3 Å². The maximum absolute atomic E-state index is 13.2. The van der Waals surface area contributed by atoms with Gasteiger partial charge in [0.2, 0.25) is 11.6 Å². The summed E-state index contributed by atoms with van der Waals surface area (Å²) in [5, 5.41) is 2.63. The Bertz CT molecular complexity index is 738. The largest absolute Gasteiger partial charge is 0.403 e. The summed E-state index contributed by atoms with van der Waals surface area (Å²) in [7, 11) is 1.67. The Morgan fingerprint density at radius 1 is 1.26 bits per heavy atom. The molecule has 1 saturated heterocycles. The molecule has 4 N–H and O–H groups in total. The Labute approximate surface area is 156 Å². The first-order valence-electron chi connectivity index (χ1n) is 8.57. The highest BCUT2D eigenvalue weighted by Crippen LogP contribution is 2.15. The molecule has 1 aromatic rings. The normalized spacial score (nSPS) is 15.9. The van der Waals surface area contributed by atoms with Crippen LogP contribution in [0.1, 0.15) is 19.8 Å². The summed E-state index contributed by atoms with van der Waals surface area (Å²) >= 11 is 0. The molecule has 1 aliphatic heterocycles. The van der Waals surface area contributed by atoms with E-state index in [0.717, 1.165) is 18.2 Å². The number of hydrogen-bond acceptors (Lipinski definition) is 3. The number of nitrogens with zero attached hydrogens (tertiary/aromatic N) is 2. The van der Waals surface area contributed by atoms with Gasteiger partial charge >= 0.3 is 6.03 Å². The number of carbonyl (C=O) groups is 2. The molecule has 0 aliphatic carbocycles. The third-order valence-electron chi connectivity index (χ3n) is 4.47. The molecule has 0 atom stereocenters. The third kappa shape index (κ3) is 5.77. The van der Waals surface area contributed by atoms with Crippen molar-refractivity contribution in [3.8, 4) is 0 Å². The van der Waals surface area contributed by atoms with Crippen molar-refractivity contribution in [2.75, 3.05) is 20.1 Å². The number of likely N-dealkylation sites (tertiary alicyclic amines) is 1. The molecule has 0 aromatic heterocycles. The second kappa shape index (κ2) is 9.11. The highest BCUT2D eigenvalue weighted by Gasteiger charge is 2.26. The maximum Gasteiger partial charge on any atom is 0.322 e. The zero-order chi connectivity index (χ0) is 20.0. The molecule has 0 bridgehead atoms. The number of allylic oxidation sites excluding steroid dienone is 1. The fourth-order valence-electron chi connectivity index (χ4n) is 2.87. The van der Waals surface area contributed by atoms with E-state index < -0.39 is 11.6 Å². The number of nitrogens with one attached hydrogen (secondary N) is 2. The molecule has 146 valence electrons. The number of rotatable bonds is 4. The van der Waals surface area contributed by atoms with Gasteiger partial charge in [0.05, 0.1) is 0 Å². The van der Waals surface area contributed by atoms with Crippen molar-refractivity contribution in [2.24, 2.45) is 5.73 Å². The lowest BCUT2D eigenvalue weighted by atomic mass is 10.0. The Kier molecular flexibility index (Phi) is 6.86. The number of carbonyl (C=O) groups excluding carboxylic acids is 2. The minimum Gasteiger partial charge on any atom is -0.403 e. The van der Waals surface area contributed by atoms with Crippen LogP contribution in [0.4, 0.5) is 19.3 Å². The number of amides is 3. The molecule has 9 heteroatoms. The maximum atomic E-state index is 13.2. The Balaban J connectivity index is 1.94. The van der Waals surface area contributed by atoms with Crippen LogP contribution in [-0.4, -0.2) is 54.1 Å². The number of urea groups is 1. The zero-order valence-corrected chi connectivity index (χ0v) is 15.3. The van der Waals surface area contributed by atoms with Crippen LogP contribution in [0, 0.1) is 11.6 Å².